The van der Waals surface area contributed by atoms with Gasteiger partial charge in [-0.3, -0.25) is 0 Å². The summed E-state index contributed by atoms with van der Waals surface area (Å²) in [5.74, 6) is 0. The highest BCUT2D eigenvalue weighted by atomic mass is 32.2. The molecule has 1 aromatic carbocycles. The first-order valence-electron chi connectivity index (χ1n) is 7.31. The molecule has 0 radical (unpaired) electrons. The molecule has 0 amide bonds. The SMILES string of the molecule is CCCN(C(C)C)S(=O)(=O)c1cccc2c1CCNC2. The first-order valence-corrected chi connectivity index (χ1v) is 8.75. The van der Waals surface area contributed by atoms with Gasteiger partial charge in [0.1, 0.15) is 0 Å². The molecule has 0 unspecified atom stereocenters. The molecule has 1 aliphatic heterocycles. The molecule has 20 heavy (non-hydrogen) atoms. The van der Waals surface area contributed by atoms with Gasteiger partial charge in [-0.15, -0.1) is 0 Å². The molecule has 0 aromatic heterocycles. The zero-order valence-corrected chi connectivity index (χ0v) is 13.3. The van der Waals surface area contributed by atoms with Gasteiger partial charge in [-0.1, -0.05) is 19.1 Å². The van der Waals surface area contributed by atoms with Crippen molar-refractivity contribution in [2.24, 2.45) is 0 Å². The lowest BCUT2D eigenvalue weighted by Gasteiger charge is -2.28. The Morgan fingerprint density at radius 2 is 2.10 bits per heavy atom. The Morgan fingerprint density at radius 1 is 1.35 bits per heavy atom. The fraction of sp³-hybridized carbons (Fsp3) is 0.600. The van der Waals surface area contributed by atoms with Gasteiger partial charge in [0.2, 0.25) is 10.0 Å². The van der Waals surface area contributed by atoms with Crippen LogP contribution in [0.1, 0.15) is 38.3 Å². The summed E-state index contributed by atoms with van der Waals surface area (Å²) in [4.78, 5) is 0.499. The van der Waals surface area contributed by atoms with Gasteiger partial charge < -0.3 is 5.32 Å². The van der Waals surface area contributed by atoms with Gasteiger partial charge in [-0.25, -0.2) is 8.42 Å². The van der Waals surface area contributed by atoms with Crippen LogP contribution in [0.2, 0.25) is 0 Å². The highest BCUT2D eigenvalue weighted by Crippen LogP contribution is 2.26. The van der Waals surface area contributed by atoms with E-state index < -0.39 is 10.0 Å². The van der Waals surface area contributed by atoms with Crippen LogP contribution in [0.15, 0.2) is 23.1 Å². The second-order valence-electron chi connectivity index (χ2n) is 5.53. The van der Waals surface area contributed by atoms with Gasteiger partial charge in [-0.05, 0) is 50.4 Å². The Morgan fingerprint density at radius 3 is 2.75 bits per heavy atom. The monoisotopic (exact) mass is 296 g/mol. The maximum Gasteiger partial charge on any atom is 0.243 e. The van der Waals surface area contributed by atoms with Crippen LogP contribution in [-0.4, -0.2) is 31.9 Å². The number of hydrogen-bond acceptors (Lipinski definition) is 3. The van der Waals surface area contributed by atoms with Crippen molar-refractivity contribution in [1.29, 1.82) is 0 Å². The molecule has 0 fully saturated rings. The van der Waals surface area contributed by atoms with Gasteiger partial charge >= 0.3 is 0 Å². The molecular weight excluding hydrogens is 272 g/mol. The number of nitrogens with zero attached hydrogens (tertiary/aromatic N) is 1. The van der Waals surface area contributed by atoms with E-state index in [-0.39, 0.29) is 6.04 Å². The zero-order valence-electron chi connectivity index (χ0n) is 12.5. The number of nitrogens with one attached hydrogen (secondary N) is 1. The Balaban J connectivity index is 2.48. The number of benzene rings is 1. The summed E-state index contributed by atoms with van der Waals surface area (Å²) in [5, 5.41) is 3.29. The van der Waals surface area contributed by atoms with Crippen LogP contribution in [-0.2, 0) is 23.0 Å². The third kappa shape index (κ3) is 2.90. The van der Waals surface area contributed by atoms with Crippen molar-refractivity contribution in [1.82, 2.24) is 9.62 Å². The summed E-state index contributed by atoms with van der Waals surface area (Å²) in [6.07, 6.45) is 1.61. The van der Waals surface area contributed by atoms with E-state index in [9.17, 15) is 8.42 Å². The summed E-state index contributed by atoms with van der Waals surface area (Å²) >= 11 is 0. The van der Waals surface area contributed by atoms with E-state index in [1.54, 1.807) is 10.4 Å². The normalized spacial score (nSPS) is 15.7. The van der Waals surface area contributed by atoms with Gasteiger partial charge in [-0.2, -0.15) is 4.31 Å². The number of hydrogen-bond donors (Lipinski definition) is 1. The van der Waals surface area contributed by atoms with Crippen LogP contribution in [0.4, 0.5) is 0 Å². The van der Waals surface area contributed by atoms with Crippen LogP contribution >= 0.6 is 0 Å². The smallest absolute Gasteiger partial charge is 0.243 e. The number of sulfonamides is 1. The molecule has 0 bridgehead atoms. The molecular formula is C15H24N2O2S. The molecule has 5 heteroatoms. The summed E-state index contributed by atoms with van der Waals surface area (Å²) in [5.41, 5.74) is 2.10. The summed E-state index contributed by atoms with van der Waals surface area (Å²) in [6.45, 7) is 8.05. The molecule has 2 rings (SSSR count). The maximum atomic E-state index is 12.9. The van der Waals surface area contributed by atoms with Crippen molar-refractivity contribution in [2.45, 2.75) is 51.1 Å². The first-order chi connectivity index (χ1) is 9.48. The summed E-state index contributed by atoms with van der Waals surface area (Å²) in [6, 6.07) is 5.60. The molecule has 0 saturated carbocycles. The fourth-order valence-corrected chi connectivity index (χ4v) is 4.77. The Hall–Kier alpha value is -0.910. The average molecular weight is 296 g/mol. The molecule has 0 spiro atoms. The molecule has 0 aliphatic carbocycles. The number of rotatable bonds is 5. The van der Waals surface area contributed by atoms with E-state index in [2.05, 4.69) is 5.32 Å². The van der Waals surface area contributed by atoms with Crippen molar-refractivity contribution in [2.75, 3.05) is 13.1 Å². The minimum Gasteiger partial charge on any atom is -0.312 e. The Kier molecular flexibility index (Phi) is 4.83. The maximum absolute atomic E-state index is 12.9. The van der Waals surface area contributed by atoms with E-state index >= 15 is 0 Å². The van der Waals surface area contributed by atoms with Gasteiger partial charge in [0.25, 0.3) is 0 Å². The van der Waals surface area contributed by atoms with Gasteiger partial charge in [0, 0.05) is 19.1 Å². The second-order valence-corrected chi connectivity index (χ2v) is 7.39. The predicted octanol–water partition coefficient (Wildman–Crippen LogP) is 2.14. The van der Waals surface area contributed by atoms with Crippen molar-refractivity contribution in [3.8, 4) is 0 Å². The molecule has 1 N–H and O–H groups in total. The molecule has 4 nitrogen and oxygen atoms in total. The van der Waals surface area contributed by atoms with E-state index in [1.807, 2.05) is 32.9 Å². The zero-order chi connectivity index (χ0) is 14.8. The van der Waals surface area contributed by atoms with E-state index in [0.717, 1.165) is 37.1 Å². The molecule has 0 atom stereocenters. The fourth-order valence-electron chi connectivity index (χ4n) is 2.74. The van der Waals surface area contributed by atoms with Crippen LogP contribution in [0, 0.1) is 0 Å². The van der Waals surface area contributed by atoms with Crippen molar-refractivity contribution in [3.05, 3.63) is 29.3 Å². The quantitative estimate of drug-likeness (QED) is 0.905. The third-order valence-electron chi connectivity index (χ3n) is 3.70. The Labute approximate surface area is 122 Å². The van der Waals surface area contributed by atoms with Crippen LogP contribution < -0.4 is 5.32 Å². The minimum atomic E-state index is -3.40. The molecule has 0 saturated heterocycles. The van der Waals surface area contributed by atoms with E-state index in [1.165, 1.54) is 0 Å². The lowest BCUT2D eigenvalue weighted by molar-refractivity contribution is 0.353. The van der Waals surface area contributed by atoms with E-state index in [0.29, 0.717) is 11.4 Å². The van der Waals surface area contributed by atoms with E-state index in [4.69, 9.17) is 0 Å². The van der Waals surface area contributed by atoms with Crippen LogP contribution in [0.25, 0.3) is 0 Å². The van der Waals surface area contributed by atoms with Crippen LogP contribution in [0.5, 0.6) is 0 Å². The second kappa shape index (κ2) is 6.24. The molecule has 1 aliphatic rings. The Bertz CT molecular complexity index is 567. The molecule has 1 aromatic rings. The highest BCUT2D eigenvalue weighted by Gasteiger charge is 2.29. The standard InChI is InChI=1S/C15H24N2O2S/c1-4-10-17(12(2)3)20(18,19)15-7-5-6-13-11-16-9-8-14(13)15/h5-7,12,16H,4,8-11H2,1-3H3. The minimum absolute atomic E-state index is 0.0162. The summed E-state index contributed by atoms with van der Waals surface area (Å²) in [7, 11) is -3.40. The summed E-state index contributed by atoms with van der Waals surface area (Å²) < 4.78 is 27.5. The topological polar surface area (TPSA) is 49.4 Å². The predicted molar refractivity (Wildman–Crippen MR) is 81.2 cm³/mol. The van der Waals surface area contributed by atoms with Crippen molar-refractivity contribution >= 4 is 10.0 Å². The molecule has 112 valence electrons. The van der Waals surface area contributed by atoms with Crippen LogP contribution in [0.3, 0.4) is 0 Å². The lowest BCUT2D eigenvalue weighted by atomic mass is 10.0. The largest absolute Gasteiger partial charge is 0.312 e. The number of fused-ring (bicyclic) bond motifs is 1. The van der Waals surface area contributed by atoms with Crippen molar-refractivity contribution < 1.29 is 8.42 Å². The molecule has 1 heterocycles. The highest BCUT2D eigenvalue weighted by molar-refractivity contribution is 7.89. The van der Waals surface area contributed by atoms with Gasteiger partial charge in [0.05, 0.1) is 4.90 Å². The third-order valence-corrected chi connectivity index (χ3v) is 5.86. The van der Waals surface area contributed by atoms with Gasteiger partial charge in [0.15, 0.2) is 0 Å². The van der Waals surface area contributed by atoms with Crippen molar-refractivity contribution in [3.63, 3.8) is 0 Å². The first kappa shape index (κ1) is 15.5. The lowest BCUT2D eigenvalue weighted by Crippen LogP contribution is -2.38. The average Bonchev–Trinajstić information content (AvgIpc) is 2.43.